The molecule has 5 aliphatic rings. The molecule has 0 bridgehead atoms. The fourth-order valence-electron chi connectivity index (χ4n) is 13.8. The van der Waals surface area contributed by atoms with E-state index in [1.165, 1.54) is 127 Å². The van der Waals surface area contributed by atoms with E-state index in [1.807, 2.05) is 11.3 Å². The van der Waals surface area contributed by atoms with Crippen molar-refractivity contribution < 1.29 is 4.74 Å². The fraction of sp³-hybridized carbons (Fsp3) is 0.224. The molecule has 0 saturated carbocycles. The van der Waals surface area contributed by atoms with Crippen LogP contribution in [0.1, 0.15) is 114 Å². The number of ether oxygens (including phenoxy) is 1. The van der Waals surface area contributed by atoms with Crippen molar-refractivity contribution in [3.8, 4) is 33.7 Å². The third-order valence-electron chi connectivity index (χ3n) is 17.9. The van der Waals surface area contributed by atoms with Crippen molar-refractivity contribution in [2.75, 3.05) is 4.81 Å². The number of benzene rings is 8. The molecule has 2 aromatic heterocycles. The van der Waals surface area contributed by atoms with Gasteiger partial charge in [-0.15, -0.1) is 11.3 Å². The van der Waals surface area contributed by atoms with Gasteiger partial charge in [-0.2, -0.15) is 0 Å². The van der Waals surface area contributed by atoms with Crippen LogP contribution in [0.15, 0.2) is 152 Å². The summed E-state index contributed by atoms with van der Waals surface area (Å²) in [6, 6.07) is 53.9. The number of anilines is 2. The second-order valence-electron chi connectivity index (χ2n) is 24.5. The molecule has 10 aromatic rings. The van der Waals surface area contributed by atoms with Crippen molar-refractivity contribution in [2.45, 2.75) is 96.8 Å². The molecule has 3 nitrogen and oxygen atoms in total. The molecule has 5 heterocycles. The first-order valence-corrected chi connectivity index (χ1v) is 26.8. The number of hydrogen-bond acceptors (Lipinski definition) is 3. The summed E-state index contributed by atoms with van der Waals surface area (Å²) in [5.41, 5.74) is 24.2. The maximum Gasteiger partial charge on any atom is 0.333 e. The van der Waals surface area contributed by atoms with Crippen molar-refractivity contribution in [1.29, 1.82) is 0 Å². The Hall–Kier alpha value is -7.08. The Morgan fingerprint density at radius 2 is 1.28 bits per heavy atom. The van der Waals surface area contributed by atoms with E-state index < -0.39 is 0 Å². The molecule has 0 radical (unpaired) electrons. The van der Waals surface area contributed by atoms with Gasteiger partial charge in [-0.25, -0.2) is 0 Å². The molecule has 72 heavy (non-hydrogen) atoms. The predicted octanol–water partition coefficient (Wildman–Crippen LogP) is 16.8. The average Bonchev–Trinajstić information content (AvgIpc) is 3.98. The van der Waals surface area contributed by atoms with E-state index in [4.69, 9.17) is 11.3 Å². The normalized spacial score (nSPS) is 17.3. The average molecular weight is 949 g/mol. The summed E-state index contributed by atoms with van der Waals surface area (Å²) in [4.78, 5) is 2.69. The lowest BCUT2D eigenvalue weighted by Crippen LogP contribution is -2.60. The molecule has 5 heteroatoms. The Morgan fingerprint density at radius 1 is 0.583 bits per heavy atom. The van der Waals surface area contributed by atoms with Gasteiger partial charge in [0.25, 0.3) is 0 Å². The molecule has 0 saturated heterocycles. The van der Waals surface area contributed by atoms with Gasteiger partial charge in [0.2, 0.25) is 0 Å². The van der Waals surface area contributed by atoms with Gasteiger partial charge >= 0.3 is 6.85 Å². The highest BCUT2D eigenvalue weighted by Gasteiger charge is 2.46. The SMILES string of the molecule is C=C1C=C(c2ccccc2)Oc2cc3c(cc21)B1c2c(ccc4c5cc6c(cc5n-3c24)-c2ccccc2C6(C)C)-c2cc3c(cc2N1c1ccc(C(C)(C)C)cc1)sc1cc2c(cc13)C(C)(C)CCC2(C)C. The number of hydrogen-bond donors (Lipinski definition) is 0. The minimum Gasteiger partial charge on any atom is -0.456 e. The quantitative estimate of drug-likeness (QED) is 0.161. The van der Waals surface area contributed by atoms with Crippen LogP contribution in [-0.4, -0.2) is 11.4 Å². The van der Waals surface area contributed by atoms with Gasteiger partial charge < -0.3 is 14.1 Å². The van der Waals surface area contributed by atoms with Gasteiger partial charge in [0.1, 0.15) is 11.5 Å². The van der Waals surface area contributed by atoms with E-state index >= 15 is 0 Å². The largest absolute Gasteiger partial charge is 0.456 e. The van der Waals surface area contributed by atoms with E-state index in [0.717, 1.165) is 33.9 Å². The molecular weight excluding hydrogens is 892 g/mol. The standard InChI is InChI=1S/C67H57BN2OS/c1-37-28-58(38-16-12-11-13-17-38)71-59-35-57-54(32-44(37)59)68-62-42(24-25-43-47-30-51-45(33-55(47)69(57)63(43)62)41-18-14-15-19-50(41)67(51,9)10)46-29-48-49-31-52-53(66(7,8)27-26-65(52,5)6)34-60(49)72-61(48)36-56(46)70(68)40-22-20-39(21-23-40)64(2,3)4/h11-25,28-36H,1,26-27H2,2-10H3. The second kappa shape index (κ2) is 13.9. The molecule has 0 spiro atoms. The lowest BCUT2D eigenvalue weighted by atomic mass is 9.43. The molecule has 0 unspecified atom stereocenters. The van der Waals surface area contributed by atoms with Crippen LogP contribution in [-0.2, 0) is 21.7 Å². The van der Waals surface area contributed by atoms with Crippen molar-refractivity contribution >= 4 is 93.8 Å². The molecule has 8 aromatic carbocycles. The summed E-state index contributed by atoms with van der Waals surface area (Å²) in [5, 5.41) is 5.30. The van der Waals surface area contributed by atoms with E-state index in [2.05, 4.69) is 217 Å². The van der Waals surface area contributed by atoms with Gasteiger partial charge in [0.15, 0.2) is 0 Å². The zero-order valence-corrected chi connectivity index (χ0v) is 43.6. The summed E-state index contributed by atoms with van der Waals surface area (Å²) in [7, 11) is 0. The molecule has 0 atom stereocenters. The van der Waals surface area contributed by atoms with Gasteiger partial charge in [0, 0.05) is 76.2 Å². The fourth-order valence-corrected chi connectivity index (χ4v) is 14.9. The first-order valence-electron chi connectivity index (χ1n) is 26.0. The van der Waals surface area contributed by atoms with Crippen molar-refractivity contribution in [1.82, 2.24) is 4.57 Å². The van der Waals surface area contributed by atoms with Crippen LogP contribution in [0.2, 0.25) is 0 Å². The number of rotatable bonds is 2. The molecule has 15 rings (SSSR count). The maximum absolute atomic E-state index is 7.01. The van der Waals surface area contributed by atoms with Crippen LogP contribution in [0.3, 0.4) is 0 Å². The van der Waals surface area contributed by atoms with Gasteiger partial charge in [-0.3, -0.25) is 0 Å². The maximum atomic E-state index is 7.01. The Morgan fingerprint density at radius 3 is 2.04 bits per heavy atom. The van der Waals surface area contributed by atoms with E-state index in [0.29, 0.717) is 0 Å². The number of nitrogens with zero attached hydrogens (tertiary/aromatic N) is 2. The van der Waals surface area contributed by atoms with E-state index in [-0.39, 0.29) is 28.5 Å². The van der Waals surface area contributed by atoms with Crippen molar-refractivity contribution in [2.24, 2.45) is 0 Å². The summed E-state index contributed by atoms with van der Waals surface area (Å²) in [6.07, 6.45) is 4.52. The summed E-state index contributed by atoms with van der Waals surface area (Å²) in [6.45, 7) is 26.1. The summed E-state index contributed by atoms with van der Waals surface area (Å²) < 4.78 is 12.3. The Labute approximate surface area is 427 Å². The predicted molar refractivity (Wildman–Crippen MR) is 308 cm³/mol. The van der Waals surface area contributed by atoms with Gasteiger partial charge in [0.05, 0.1) is 11.0 Å². The number of thiophene rings is 1. The molecular formula is C67H57BN2OS. The minimum atomic E-state index is -0.147. The third kappa shape index (κ3) is 5.58. The molecule has 2 aliphatic carbocycles. The topological polar surface area (TPSA) is 17.4 Å². The van der Waals surface area contributed by atoms with Crippen molar-refractivity contribution in [3.63, 3.8) is 0 Å². The van der Waals surface area contributed by atoms with Crippen LogP contribution < -0.4 is 20.5 Å². The summed E-state index contributed by atoms with van der Waals surface area (Å²) >= 11 is 1.96. The zero-order chi connectivity index (χ0) is 49.1. The Kier molecular flexibility index (Phi) is 8.22. The first-order chi connectivity index (χ1) is 34.5. The molecule has 350 valence electrons. The molecule has 0 N–H and O–H groups in total. The number of aromatic nitrogens is 1. The highest BCUT2D eigenvalue weighted by Crippen LogP contribution is 2.55. The van der Waals surface area contributed by atoms with Crippen LogP contribution in [0.5, 0.6) is 5.75 Å². The van der Waals surface area contributed by atoms with Gasteiger partial charge in [-0.1, -0.05) is 154 Å². The van der Waals surface area contributed by atoms with Crippen LogP contribution >= 0.6 is 11.3 Å². The zero-order valence-electron chi connectivity index (χ0n) is 42.8. The number of allylic oxidation sites excluding steroid dienone is 2. The third-order valence-corrected chi connectivity index (χ3v) is 19.0. The van der Waals surface area contributed by atoms with Crippen LogP contribution in [0.4, 0.5) is 11.4 Å². The lowest BCUT2D eigenvalue weighted by Gasteiger charge is -2.42. The molecule has 3 aliphatic heterocycles. The van der Waals surface area contributed by atoms with Gasteiger partial charge in [-0.05, 0) is 145 Å². The van der Waals surface area contributed by atoms with Crippen molar-refractivity contribution in [3.05, 3.63) is 191 Å². The lowest BCUT2D eigenvalue weighted by molar-refractivity contribution is 0.332. The second-order valence-corrected chi connectivity index (χ2v) is 25.5. The minimum absolute atomic E-state index is 0.0158. The summed E-state index contributed by atoms with van der Waals surface area (Å²) in [5.74, 6) is 1.65. The Bertz CT molecular complexity index is 4150. The highest BCUT2D eigenvalue weighted by molar-refractivity contribution is 7.26. The first kappa shape index (κ1) is 42.6. The van der Waals surface area contributed by atoms with E-state index in [1.54, 1.807) is 0 Å². The number of fused-ring (bicyclic) bond motifs is 16. The monoisotopic (exact) mass is 948 g/mol. The highest BCUT2D eigenvalue weighted by atomic mass is 32.1. The smallest absolute Gasteiger partial charge is 0.333 e. The Balaban J connectivity index is 1.06. The molecule has 0 amide bonds. The van der Waals surface area contributed by atoms with Crippen LogP contribution in [0, 0.1) is 0 Å². The van der Waals surface area contributed by atoms with E-state index in [9.17, 15) is 0 Å². The molecule has 0 fully saturated rings. The van der Waals surface area contributed by atoms with Crippen LogP contribution in [0.25, 0.3) is 81.3 Å².